The van der Waals surface area contributed by atoms with E-state index >= 15 is 0 Å². The summed E-state index contributed by atoms with van der Waals surface area (Å²) in [4.78, 5) is 0. The van der Waals surface area contributed by atoms with E-state index < -0.39 is 0 Å². The van der Waals surface area contributed by atoms with E-state index in [-0.39, 0.29) is 58.1 Å². The summed E-state index contributed by atoms with van der Waals surface area (Å²) < 4.78 is 0. The molecule has 0 aliphatic carbocycles. The molecular formula is NNbSiV. The molecule has 4 heteroatoms. The molecule has 0 heterocycles. The van der Waals surface area contributed by atoms with Crippen molar-refractivity contribution in [1.82, 2.24) is 6.15 Å². The van der Waals surface area contributed by atoms with E-state index in [2.05, 4.69) is 0 Å². The zero-order valence-electron chi connectivity index (χ0n) is 1.84. The summed E-state index contributed by atoms with van der Waals surface area (Å²) in [6, 6.07) is 0. The normalized spacial score (nSPS) is 0. The van der Waals surface area contributed by atoms with Crippen molar-refractivity contribution < 1.29 is 40.9 Å². The van der Waals surface area contributed by atoms with E-state index in [9.17, 15) is 0 Å². The number of rotatable bonds is 0. The van der Waals surface area contributed by atoms with Crippen LogP contribution in [-0.4, -0.2) is 11.0 Å². The van der Waals surface area contributed by atoms with E-state index in [0.29, 0.717) is 0 Å². The first-order valence-corrected chi connectivity index (χ1v) is 0. The van der Waals surface area contributed by atoms with Crippen LogP contribution < -0.4 is 6.15 Å². The predicted octanol–water partition coefficient (Wildman–Crippen LogP) is -0.866. The van der Waals surface area contributed by atoms with Gasteiger partial charge in [-0.05, 0) is 0 Å². The maximum Gasteiger partial charge on any atom is 0 e. The van der Waals surface area contributed by atoms with E-state index in [1.807, 2.05) is 0 Å². The summed E-state index contributed by atoms with van der Waals surface area (Å²) in [7, 11) is 0. The van der Waals surface area contributed by atoms with Gasteiger partial charge in [-0.3, -0.25) is 0 Å². The monoisotopic (exact) mass is 186 g/mol. The van der Waals surface area contributed by atoms with Gasteiger partial charge in [0.15, 0.2) is 0 Å². The molecule has 0 aromatic rings. The second-order valence-corrected chi connectivity index (χ2v) is 0. The molecule has 1 nitrogen and oxygen atoms in total. The molecule has 0 spiro atoms. The molecule has 0 aliphatic rings. The average molecular weight is 186 g/mol. The molecule has 0 atom stereocenters. The Hall–Kier alpha value is 1.50. The fourth-order valence-electron chi connectivity index (χ4n) is 0. The zero-order valence-corrected chi connectivity index (χ0v) is 6.44. The minimum Gasteiger partial charge on any atom is 0 e. The van der Waals surface area contributed by atoms with Crippen molar-refractivity contribution in [3.8, 4) is 0 Å². The first-order valence-electron chi connectivity index (χ1n) is 0. The van der Waals surface area contributed by atoms with Crippen molar-refractivity contribution >= 4 is 11.0 Å². The first kappa shape index (κ1) is 49.4. The van der Waals surface area contributed by atoms with Gasteiger partial charge in [0.25, 0.3) is 0 Å². The Kier molecular flexibility index (Phi) is 303. The summed E-state index contributed by atoms with van der Waals surface area (Å²) in [6.07, 6.45) is 0. The number of hydrogen-bond acceptors (Lipinski definition) is 0. The van der Waals surface area contributed by atoms with E-state index in [1.54, 1.807) is 0 Å². The van der Waals surface area contributed by atoms with Crippen LogP contribution in [0.3, 0.4) is 0 Å². The van der Waals surface area contributed by atoms with Gasteiger partial charge in [0.1, 0.15) is 0 Å². The Morgan fingerprint density at radius 2 is 1.00 bits per heavy atom. The molecule has 19 valence electrons. The zero-order chi connectivity index (χ0) is 0. The van der Waals surface area contributed by atoms with E-state index in [4.69, 9.17) is 0 Å². The van der Waals surface area contributed by atoms with Crippen LogP contribution in [0.2, 0.25) is 0 Å². The van der Waals surface area contributed by atoms with Gasteiger partial charge in [0.2, 0.25) is 0 Å². The van der Waals surface area contributed by atoms with Gasteiger partial charge in [-0.2, -0.15) is 0 Å². The van der Waals surface area contributed by atoms with Crippen LogP contribution in [0.1, 0.15) is 0 Å². The number of hydrogen-bond donors (Lipinski definition) is 0. The van der Waals surface area contributed by atoms with Crippen molar-refractivity contribution in [1.29, 1.82) is 0 Å². The maximum absolute atomic E-state index is 0. The molecule has 0 amide bonds. The van der Waals surface area contributed by atoms with Crippen LogP contribution in [-0.2, 0) is 40.9 Å². The Bertz CT molecular complexity index is 8.00. The van der Waals surface area contributed by atoms with Crippen molar-refractivity contribution in [2.75, 3.05) is 0 Å². The second kappa shape index (κ2) is 24.5. The van der Waals surface area contributed by atoms with Crippen LogP contribution in [0, 0.1) is 0 Å². The quantitative estimate of drug-likeness (QED) is 0.440. The van der Waals surface area contributed by atoms with Crippen LogP contribution in [0.5, 0.6) is 0 Å². The summed E-state index contributed by atoms with van der Waals surface area (Å²) in [5.41, 5.74) is 0. The third kappa shape index (κ3) is 9.72. The molecule has 0 fully saturated rings. The number of nitrogens with zero attached hydrogens (tertiary/aromatic N) is 1. The van der Waals surface area contributed by atoms with Gasteiger partial charge in [0, 0.05) is 58.1 Å². The molecule has 0 saturated carbocycles. The smallest absolute Gasteiger partial charge is 0 e. The van der Waals surface area contributed by atoms with Gasteiger partial charge >= 0.3 is 0 Å². The van der Waals surface area contributed by atoms with Gasteiger partial charge in [-0.1, -0.05) is 0 Å². The SMILES string of the molecule is [N].[Nb].[Si].[V]. The third-order valence-corrected chi connectivity index (χ3v) is 0. The molecule has 0 aromatic carbocycles. The van der Waals surface area contributed by atoms with Gasteiger partial charge in [-0.25, -0.2) is 0 Å². The topological polar surface area (TPSA) is 30.5 Å². The molecule has 0 saturated heterocycles. The summed E-state index contributed by atoms with van der Waals surface area (Å²) in [5, 5.41) is 0. The summed E-state index contributed by atoms with van der Waals surface area (Å²) in [6.45, 7) is 0. The minimum absolute atomic E-state index is 0. The van der Waals surface area contributed by atoms with Crippen LogP contribution in [0.25, 0.3) is 0 Å². The molecule has 4 heavy (non-hydrogen) atoms. The molecule has 9 radical (unpaired) electrons. The molecule has 0 unspecified atom stereocenters. The summed E-state index contributed by atoms with van der Waals surface area (Å²) >= 11 is 0. The predicted molar refractivity (Wildman–Crippen MR) is 7.89 cm³/mol. The standard InChI is InChI=1S/N.Nb.Si.V. The molecular weight excluding hydrogens is 186 g/mol. The van der Waals surface area contributed by atoms with Crippen molar-refractivity contribution in [3.05, 3.63) is 0 Å². The third-order valence-electron chi connectivity index (χ3n) is 0. The van der Waals surface area contributed by atoms with Crippen molar-refractivity contribution in [2.45, 2.75) is 0 Å². The fraction of sp³-hybridized carbons (Fsp3) is 0. The molecule has 0 N–H and O–H groups in total. The minimum atomic E-state index is 0. The Morgan fingerprint density at radius 1 is 1.00 bits per heavy atom. The van der Waals surface area contributed by atoms with Crippen LogP contribution in [0.15, 0.2) is 0 Å². The molecule has 0 bridgehead atoms. The fourth-order valence-corrected chi connectivity index (χ4v) is 0. The van der Waals surface area contributed by atoms with Crippen LogP contribution in [0.4, 0.5) is 0 Å². The molecule has 0 aromatic heterocycles. The Morgan fingerprint density at radius 3 is 1.00 bits per heavy atom. The van der Waals surface area contributed by atoms with Crippen LogP contribution >= 0.6 is 0 Å². The van der Waals surface area contributed by atoms with Crippen molar-refractivity contribution in [2.24, 2.45) is 0 Å². The van der Waals surface area contributed by atoms with E-state index in [1.165, 1.54) is 0 Å². The van der Waals surface area contributed by atoms with Crippen molar-refractivity contribution in [3.63, 3.8) is 0 Å². The Labute approximate surface area is 57.9 Å². The largest absolute Gasteiger partial charge is 0 e. The van der Waals surface area contributed by atoms with E-state index in [0.717, 1.165) is 0 Å². The van der Waals surface area contributed by atoms with Gasteiger partial charge < -0.3 is 0 Å². The second-order valence-electron chi connectivity index (χ2n) is 0. The molecule has 0 rings (SSSR count). The average Bonchev–Trinajstić information content (AvgIpc) is 0. The maximum atomic E-state index is 0. The molecule has 0 aliphatic heterocycles. The van der Waals surface area contributed by atoms with Gasteiger partial charge in [0.05, 0.1) is 0 Å². The van der Waals surface area contributed by atoms with Gasteiger partial charge in [-0.15, -0.1) is 0 Å². The Balaban J connectivity index is 0. The summed E-state index contributed by atoms with van der Waals surface area (Å²) in [5.74, 6) is 0. The first-order chi connectivity index (χ1) is 0.